The summed E-state index contributed by atoms with van der Waals surface area (Å²) in [6, 6.07) is 16.2. The minimum Gasteiger partial charge on any atom is -0.497 e. The van der Waals surface area contributed by atoms with Crippen molar-refractivity contribution < 1.29 is 9.47 Å². The summed E-state index contributed by atoms with van der Waals surface area (Å²) in [7, 11) is 1.67. The summed E-state index contributed by atoms with van der Waals surface area (Å²) in [5.41, 5.74) is 4.30. The monoisotopic (exact) mass is 493 g/mol. The van der Waals surface area contributed by atoms with E-state index in [4.69, 9.17) is 14.5 Å². The van der Waals surface area contributed by atoms with E-state index in [1.165, 1.54) is 5.56 Å². The van der Waals surface area contributed by atoms with Crippen molar-refractivity contribution in [2.24, 2.45) is 0 Å². The summed E-state index contributed by atoms with van der Waals surface area (Å²) in [6.07, 6.45) is 2.35. The minimum absolute atomic E-state index is 0.191. The molecule has 3 heterocycles. The van der Waals surface area contributed by atoms with Crippen molar-refractivity contribution in [3.05, 3.63) is 65.2 Å². The number of rotatable bonds is 9. The van der Waals surface area contributed by atoms with Gasteiger partial charge in [-0.1, -0.05) is 30.0 Å². The molecule has 1 fully saturated rings. The number of aryl methyl sites for hydroxylation is 1. The Hall–Kier alpha value is -2.88. The molecular formula is C25H27N5O2S2. The Morgan fingerprint density at radius 1 is 1.18 bits per heavy atom. The molecule has 0 amide bonds. The number of benzene rings is 2. The van der Waals surface area contributed by atoms with Gasteiger partial charge in [0.2, 0.25) is 0 Å². The van der Waals surface area contributed by atoms with Gasteiger partial charge in [-0.15, -0.1) is 21.5 Å². The third-order valence-electron chi connectivity index (χ3n) is 5.76. The molecule has 2 aromatic carbocycles. The van der Waals surface area contributed by atoms with Crippen LogP contribution in [0.1, 0.15) is 24.1 Å². The number of hydrogen-bond acceptors (Lipinski definition) is 8. The predicted octanol–water partition coefficient (Wildman–Crippen LogP) is 5.93. The maximum atomic E-state index is 5.92. The van der Waals surface area contributed by atoms with Gasteiger partial charge in [0.1, 0.15) is 5.75 Å². The minimum atomic E-state index is 0.191. The molecule has 0 saturated carbocycles. The number of anilines is 2. The maximum Gasteiger partial charge on any atom is 0.191 e. The van der Waals surface area contributed by atoms with Crippen LogP contribution >= 0.6 is 23.1 Å². The largest absolute Gasteiger partial charge is 0.497 e. The van der Waals surface area contributed by atoms with E-state index < -0.39 is 0 Å². The van der Waals surface area contributed by atoms with E-state index in [1.54, 1.807) is 30.2 Å². The number of methoxy groups -OCH3 is 1. The third-order valence-corrected chi connectivity index (χ3v) is 7.57. The number of aromatic nitrogens is 4. The van der Waals surface area contributed by atoms with Crippen LogP contribution in [0, 0.1) is 6.92 Å². The van der Waals surface area contributed by atoms with Gasteiger partial charge in [0.25, 0.3) is 0 Å². The Bertz CT molecular complexity index is 1230. The first-order valence-electron chi connectivity index (χ1n) is 11.3. The van der Waals surface area contributed by atoms with Crippen LogP contribution in [0.5, 0.6) is 5.75 Å². The Morgan fingerprint density at radius 2 is 2.03 bits per heavy atom. The molecule has 0 radical (unpaired) electrons. The van der Waals surface area contributed by atoms with Crippen LogP contribution in [0.4, 0.5) is 10.8 Å². The highest BCUT2D eigenvalue weighted by molar-refractivity contribution is 7.98. The van der Waals surface area contributed by atoms with Gasteiger partial charge in [-0.2, -0.15) is 0 Å². The van der Waals surface area contributed by atoms with Gasteiger partial charge in [-0.05, 0) is 55.7 Å². The molecule has 4 aromatic rings. The molecule has 1 saturated heterocycles. The molecule has 9 heteroatoms. The Balaban J connectivity index is 1.32. The molecule has 0 bridgehead atoms. The third kappa shape index (κ3) is 5.27. The van der Waals surface area contributed by atoms with Crippen LogP contribution in [-0.4, -0.2) is 39.6 Å². The summed E-state index contributed by atoms with van der Waals surface area (Å²) in [5.74, 6) is 2.39. The van der Waals surface area contributed by atoms with Crippen molar-refractivity contribution in [1.82, 2.24) is 19.7 Å². The van der Waals surface area contributed by atoms with Crippen LogP contribution in [0.15, 0.2) is 59.1 Å². The van der Waals surface area contributed by atoms with Crippen molar-refractivity contribution in [2.75, 3.05) is 19.0 Å². The SMILES string of the molecule is COc1ccc(-c2nnc(SCc3csc(Nc4ccccc4C)n3)n2CC2CCCO2)cc1. The molecule has 34 heavy (non-hydrogen) atoms. The highest BCUT2D eigenvalue weighted by Gasteiger charge is 2.22. The van der Waals surface area contributed by atoms with Gasteiger partial charge >= 0.3 is 0 Å². The average molecular weight is 494 g/mol. The molecular weight excluding hydrogens is 466 g/mol. The van der Waals surface area contributed by atoms with Crippen molar-refractivity contribution in [1.29, 1.82) is 0 Å². The smallest absolute Gasteiger partial charge is 0.191 e. The molecule has 1 aliphatic rings. The number of hydrogen-bond donors (Lipinski definition) is 1. The Labute approximate surface area is 207 Å². The first kappa shape index (κ1) is 22.9. The summed E-state index contributed by atoms with van der Waals surface area (Å²) in [6.45, 7) is 3.66. The number of thiazole rings is 1. The Kier molecular flexibility index (Phi) is 7.13. The topological polar surface area (TPSA) is 74.1 Å². The zero-order chi connectivity index (χ0) is 23.3. The quantitative estimate of drug-likeness (QED) is 0.290. The summed E-state index contributed by atoms with van der Waals surface area (Å²) in [4.78, 5) is 4.77. The predicted molar refractivity (Wildman–Crippen MR) is 137 cm³/mol. The van der Waals surface area contributed by atoms with Crippen LogP contribution in [0.3, 0.4) is 0 Å². The highest BCUT2D eigenvalue weighted by Crippen LogP contribution is 2.31. The van der Waals surface area contributed by atoms with Crippen LogP contribution in [0.2, 0.25) is 0 Å². The van der Waals surface area contributed by atoms with Crippen LogP contribution in [0.25, 0.3) is 11.4 Å². The molecule has 1 atom stereocenters. The van der Waals surface area contributed by atoms with E-state index in [2.05, 4.69) is 44.5 Å². The van der Waals surface area contributed by atoms with Gasteiger partial charge in [0.05, 0.1) is 25.5 Å². The fourth-order valence-corrected chi connectivity index (χ4v) is 5.57. The van der Waals surface area contributed by atoms with Crippen molar-refractivity contribution in [3.63, 3.8) is 0 Å². The fraction of sp³-hybridized carbons (Fsp3) is 0.320. The van der Waals surface area contributed by atoms with Crippen LogP contribution < -0.4 is 10.1 Å². The number of ether oxygens (including phenoxy) is 2. The second-order valence-electron chi connectivity index (χ2n) is 8.15. The molecule has 1 N–H and O–H groups in total. The van der Waals surface area contributed by atoms with Gasteiger partial charge in [-0.3, -0.25) is 4.57 Å². The molecule has 1 unspecified atom stereocenters. The summed E-state index contributed by atoms with van der Waals surface area (Å²) >= 11 is 3.27. The van der Waals surface area contributed by atoms with Crippen molar-refractivity contribution in [2.45, 2.75) is 43.3 Å². The van der Waals surface area contributed by atoms with Gasteiger partial charge in [0, 0.05) is 29.0 Å². The van der Waals surface area contributed by atoms with Gasteiger partial charge in [0.15, 0.2) is 16.1 Å². The number of nitrogens with zero attached hydrogens (tertiary/aromatic N) is 4. The van der Waals surface area contributed by atoms with Crippen molar-refractivity contribution >= 4 is 33.9 Å². The maximum absolute atomic E-state index is 5.92. The average Bonchev–Trinajstić information content (AvgIpc) is 3.62. The number of thioether (sulfide) groups is 1. The lowest BCUT2D eigenvalue weighted by molar-refractivity contribution is 0.0953. The van der Waals surface area contributed by atoms with Crippen LogP contribution in [-0.2, 0) is 17.0 Å². The highest BCUT2D eigenvalue weighted by atomic mass is 32.2. The van der Waals surface area contributed by atoms with Gasteiger partial charge in [-0.25, -0.2) is 4.98 Å². The first-order chi connectivity index (χ1) is 16.7. The lowest BCUT2D eigenvalue weighted by Crippen LogP contribution is -2.16. The summed E-state index contributed by atoms with van der Waals surface area (Å²) < 4.78 is 13.4. The van der Waals surface area contributed by atoms with E-state index in [9.17, 15) is 0 Å². The number of nitrogens with one attached hydrogen (secondary N) is 1. The molecule has 2 aromatic heterocycles. The second kappa shape index (κ2) is 10.6. The van der Waals surface area contributed by atoms with E-state index >= 15 is 0 Å². The van der Waals surface area contributed by atoms with Crippen molar-refractivity contribution in [3.8, 4) is 17.1 Å². The molecule has 1 aliphatic heterocycles. The molecule has 0 aliphatic carbocycles. The number of para-hydroxylation sites is 1. The first-order valence-corrected chi connectivity index (χ1v) is 13.1. The zero-order valence-electron chi connectivity index (χ0n) is 19.2. The normalized spacial score (nSPS) is 15.5. The van der Waals surface area contributed by atoms with E-state index in [0.29, 0.717) is 0 Å². The lowest BCUT2D eigenvalue weighted by Gasteiger charge is -2.14. The van der Waals surface area contributed by atoms with E-state index in [-0.39, 0.29) is 6.10 Å². The molecule has 5 rings (SSSR count). The molecule has 0 spiro atoms. The lowest BCUT2D eigenvalue weighted by atomic mass is 10.2. The Morgan fingerprint density at radius 3 is 2.79 bits per heavy atom. The van der Waals surface area contributed by atoms with Gasteiger partial charge < -0.3 is 14.8 Å². The molecule has 7 nitrogen and oxygen atoms in total. The zero-order valence-corrected chi connectivity index (χ0v) is 20.9. The fourth-order valence-electron chi connectivity index (χ4n) is 3.90. The summed E-state index contributed by atoms with van der Waals surface area (Å²) in [5, 5.41) is 16.4. The molecule has 176 valence electrons. The van der Waals surface area contributed by atoms with E-state index in [0.717, 1.165) is 70.6 Å². The van der Waals surface area contributed by atoms with E-state index in [1.807, 2.05) is 36.4 Å². The standard InChI is InChI=1S/C25H27N5O2S2/c1-17-6-3-4-8-22(17)27-24-26-19(15-33-24)16-34-25-29-28-23(18-9-11-20(31-2)12-10-18)30(25)14-21-7-5-13-32-21/h3-4,6,8-12,15,21H,5,7,13-14,16H2,1-2H3,(H,26,27). The second-order valence-corrected chi connectivity index (χ2v) is 9.95.